The Morgan fingerprint density at radius 2 is 1.80 bits per heavy atom. The van der Waals surface area contributed by atoms with Gasteiger partial charge in [-0.1, -0.05) is 19.3 Å². The quantitative estimate of drug-likeness (QED) is 0.775. The number of nitrogens with zero attached hydrogens (tertiary/aromatic N) is 1. The van der Waals surface area contributed by atoms with Crippen molar-refractivity contribution in [2.45, 2.75) is 57.4 Å². The molecule has 1 heterocycles. The van der Waals surface area contributed by atoms with Gasteiger partial charge in [0.2, 0.25) is 0 Å². The van der Waals surface area contributed by atoms with E-state index in [0.29, 0.717) is 0 Å². The van der Waals surface area contributed by atoms with Crippen LogP contribution in [0.3, 0.4) is 0 Å². The van der Waals surface area contributed by atoms with Crippen molar-refractivity contribution in [2.24, 2.45) is 11.7 Å². The zero-order chi connectivity index (χ0) is 10.5. The monoisotopic (exact) mass is 210 g/mol. The van der Waals surface area contributed by atoms with Crippen molar-refractivity contribution in [3.63, 3.8) is 0 Å². The molecule has 0 spiro atoms. The predicted molar refractivity (Wildman–Crippen MR) is 64.8 cm³/mol. The van der Waals surface area contributed by atoms with Crippen LogP contribution in [0.5, 0.6) is 0 Å². The fourth-order valence-corrected chi connectivity index (χ4v) is 3.35. The van der Waals surface area contributed by atoms with Crippen molar-refractivity contribution in [3.05, 3.63) is 0 Å². The van der Waals surface area contributed by atoms with E-state index in [1.54, 1.807) is 0 Å². The molecule has 2 heteroatoms. The molecule has 1 saturated carbocycles. The van der Waals surface area contributed by atoms with Gasteiger partial charge in [0.25, 0.3) is 0 Å². The Balaban J connectivity index is 1.80. The summed E-state index contributed by atoms with van der Waals surface area (Å²) < 4.78 is 0. The molecule has 2 rings (SSSR count). The molecule has 2 aliphatic rings. The van der Waals surface area contributed by atoms with E-state index in [1.165, 1.54) is 64.5 Å². The Hall–Kier alpha value is -0.0800. The van der Waals surface area contributed by atoms with E-state index in [0.717, 1.165) is 18.5 Å². The maximum absolute atomic E-state index is 5.66. The van der Waals surface area contributed by atoms with Crippen LogP contribution in [0.1, 0.15) is 51.4 Å². The lowest BCUT2D eigenvalue weighted by Gasteiger charge is -2.40. The number of piperidine rings is 1. The van der Waals surface area contributed by atoms with Crippen molar-refractivity contribution >= 4 is 0 Å². The van der Waals surface area contributed by atoms with Gasteiger partial charge in [0, 0.05) is 12.6 Å². The van der Waals surface area contributed by atoms with E-state index < -0.39 is 0 Å². The van der Waals surface area contributed by atoms with Gasteiger partial charge in [-0.2, -0.15) is 0 Å². The van der Waals surface area contributed by atoms with Gasteiger partial charge in [-0.15, -0.1) is 0 Å². The van der Waals surface area contributed by atoms with Crippen LogP contribution in [0.25, 0.3) is 0 Å². The Morgan fingerprint density at radius 3 is 2.53 bits per heavy atom. The highest BCUT2D eigenvalue weighted by Gasteiger charge is 2.26. The van der Waals surface area contributed by atoms with Crippen LogP contribution < -0.4 is 5.73 Å². The molecule has 0 aromatic heterocycles. The summed E-state index contributed by atoms with van der Waals surface area (Å²) in [7, 11) is 0. The summed E-state index contributed by atoms with van der Waals surface area (Å²) in [5, 5.41) is 0. The Morgan fingerprint density at radius 1 is 1.00 bits per heavy atom. The highest BCUT2D eigenvalue weighted by molar-refractivity contribution is 4.81. The Kier molecular flexibility index (Phi) is 4.45. The van der Waals surface area contributed by atoms with E-state index in [4.69, 9.17) is 5.73 Å². The van der Waals surface area contributed by atoms with Gasteiger partial charge in [-0.05, 0) is 51.1 Å². The molecule has 88 valence electrons. The van der Waals surface area contributed by atoms with Crippen LogP contribution in [0.4, 0.5) is 0 Å². The van der Waals surface area contributed by atoms with E-state index in [-0.39, 0.29) is 0 Å². The molecule has 1 saturated heterocycles. The molecule has 2 fully saturated rings. The molecule has 15 heavy (non-hydrogen) atoms. The smallest absolute Gasteiger partial charge is 0.00953 e. The lowest BCUT2D eigenvalue weighted by Crippen LogP contribution is -2.43. The number of rotatable bonds is 3. The van der Waals surface area contributed by atoms with Gasteiger partial charge >= 0.3 is 0 Å². The first-order valence-electron chi connectivity index (χ1n) is 6.84. The van der Waals surface area contributed by atoms with Crippen LogP contribution in [0.2, 0.25) is 0 Å². The molecule has 0 amide bonds. The van der Waals surface area contributed by atoms with E-state index >= 15 is 0 Å². The Labute approximate surface area is 94.2 Å². The van der Waals surface area contributed by atoms with Gasteiger partial charge < -0.3 is 10.6 Å². The molecular weight excluding hydrogens is 184 g/mol. The van der Waals surface area contributed by atoms with Gasteiger partial charge in [-0.25, -0.2) is 0 Å². The number of hydrogen-bond donors (Lipinski definition) is 1. The van der Waals surface area contributed by atoms with Crippen LogP contribution in [-0.4, -0.2) is 30.6 Å². The zero-order valence-electron chi connectivity index (χ0n) is 9.96. The predicted octanol–water partition coefficient (Wildman–Crippen LogP) is 2.38. The van der Waals surface area contributed by atoms with Crippen molar-refractivity contribution in [3.8, 4) is 0 Å². The average Bonchev–Trinajstić information content (AvgIpc) is 2.31. The first-order valence-corrected chi connectivity index (χ1v) is 6.84. The molecule has 1 aliphatic carbocycles. The first-order chi connectivity index (χ1) is 7.40. The van der Waals surface area contributed by atoms with Gasteiger partial charge in [0.15, 0.2) is 0 Å². The average molecular weight is 210 g/mol. The minimum absolute atomic E-state index is 0.878. The normalized spacial score (nSPS) is 30.6. The fraction of sp³-hybridized carbons (Fsp3) is 1.00. The fourth-order valence-electron chi connectivity index (χ4n) is 3.35. The maximum Gasteiger partial charge on any atom is 0.00953 e. The summed E-state index contributed by atoms with van der Waals surface area (Å²) >= 11 is 0. The van der Waals surface area contributed by atoms with Gasteiger partial charge in [-0.3, -0.25) is 0 Å². The molecule has 0 radical (unpaired) electrons. The molecular formula is C13H26N2. The number of hydrogen-bond acceptors (Lipinski definition) is 2. The van der Waals surface area contributed by atoms with Crippen molar-refractivity contribution in [1.82, 2.24) is 4.90 Å². The molecule has 2 nitrogen and oxygen atoms in total. The third kappa shape index (κ3) is 3.18. The molecule has 1 unspecified atom stereocenters. The van der Waals surface area contributed by atoms with Crippen LogP contribution >= 0.6 is 0 Å². The summed E-state index contributed by atoms with van der Waals surface area (Å²) in [6, 6.07) is 0.916. The lowest BCUT2D eigenvalue weighted by molar-refractivity contribution is 0.0963. The minimum Gasteiger partial charge on any atom is -0.330 e. The van der Waals surface area contributed by atoms with Crippen LogP contribution in [0, 0.1) is 5.92 Å². The molecule has 1 aliphatic heterocycles. The lowest BCUT2D eigenvalue weighted by atomic mass is 9.89. The highest BCUT2D eigenvalue weighted by Crippen LogP contribution is 2.27. The molecule has 1 atom stereocenters. The Bertz CT molecular complexity index is 173. The van der Waals surface area contributed by atoms with Crippen molar-refractivity contribution < 1.29 is 0 Å². The van der Waals surface area contributed by atoms with Gasteiger partial charge in [0.1, 0.15) is 0 Å². The highest BCUT2D eigenvalue weighted by atomic mass is 15.2. The summed E-state index contributed by atoms with van der Waals surface area (Å²) in [6.07, 6.45) is 11.4. The SMILES string of the molecule is NCCC1CCCN(C2CCCCC2)C1. The second-order valence-electron chi connectivity index (χ2n) is 5.37. The largest absolute Gasteiger partial charge is 0.330 e. The van der Waals surface area contributed by atoms with E-state index in [9.17, 15) is 0 Å². The summed E-state index contributed by atoms with van der Waals surface area (Å²) in [4.78, 5) is 2.77. The standard InChI is InChI=1S/C13H26N2/c14-9-8-12-5-4-10-15(11-12)13-6-2-1-3-7-13/h12-13H,1-11,14H2. The minimum atomic E-state index is 0.878. The molecule has 0 bridgehead atoms. The summed E-state index contributed by atoms with van der Waals surface area (Å²) in [5.41, 5.74) is 5.66. The second-order valence-corrected chi connectivity index (χ2v) is 5.37. The topological polar surface area (TPSA) is 29.3 Å². The van der Waals surface area contributed by atoms with Crippen molar-refractivity contribution in [2.75, 3.05) is 19.6 Å². The molecule has 0 aromatic carbocycles. The number of likely N-dealkylation sites (tertiary alicyclic amines) is 1. The van der Waals surface area contributed by atoms with Crippen LogP contribution in [-0.2, 0) is 0 Å². The molecule has 0 aromatic rings. The summed E-state index contributed by atoms with van der Waals surface area (Å²) in [6.45, 7) is 3.57. The van der Waals surface area contributed by atoms with Gasteiger partial charge in [0.05, 0.1) is 0 Å². The first kappa shape index (κ1) is 11.4. The van der Waals surface area contributed by atoms with Crippen LogP contribution in [0.15, 0.2) is 0 Å². The van der Waals surface area contributed by atoms with E-state index in [2.05, 4.69) is 4.90 Å². The summed E-state index contributed by atoms with van der Waals surface area (Å²) in [5.74, 6) is 0.894. The maximum atomic E-state index is 5.66. The van der Waals surface area contributed by atoms with E-state index in [1.807, 2.05) is 0 Å². The number of nitrogens with two attached hydrogens (primary N) is 1. The second kappa shape index (κ2) is 5.86. The zero-order valence-corrected chi connectivity index (χ0v) is 9.96. The third-order valence-corrected chi connectivity index (χ3v) is 4.22. The molecule has 2 N–H and O–H groups in total. The third-order valence-electron chi connectivity index (χ3n) is 4.22. The van der Waals surface area contributed by atoms with Crippen molar-refractivity contribution in [1.29, 1.82) is 0 Å².